The monoisotopic (exact) mass is 247 g/mol. The number of aliphatic hydroxyl groups is 1. The molecule has 0 unspecified atom stereocenters. The van der Waals surface area contributed by atoms with E-state index in [4.69, 9.17) is 5.11 Å². The molecule has 1 N–H and O–H groups in total. The molecule has 0 aliphatic rings. The zero-order chi connectivity index (χ0) is 13.0. The summed E-state index contributed by atoms with van der Waals surface area (Å²) in [7, 11) is 1.91. The molecule has 1 aromatic heterocycles. The molecule has 0 atom stereocenters. The third-order valence-electron chi connectivity index (χ3n) is 2.94. The van der Waals surface area contributed by atoms with Gasteiger partial charge in [-0.25, -0.2) is 4.98 Å². The Kier molecular flexibility index (Phi) is 4.07. The van der Waals surface area contributed by atoms with Gasteiger partial charge in [0.25, 0.3) is 5.56 Å². The van der Waals surface area contributed by atoms with E-state index in [0.717, 1.165) is 5.52 Å². The van der Waals surface area contributed by atoms with Crippen molar-refractivity contribution in [3.63, 3.8) is 0 Å². The molecule has 0 aliphatic heterocycles. The molecular formula is C13H17N3O2. The molecule has 0 saturated carbocycles. The van der Waals surface area contributed by atoms with Gasteiger partial charge in [0, 0.05) is 19.6 Å². The van der Waals surface area contributed by atoms with Crippen LogP contribution < -0.4 is 5.56 Å². The maximum atomic E-state index is 12.2. The Morgan fingerprint density at radius 2 is 2.11 bits per heavy atom. The minimum atomic E-state index is -0.0157. The van der Waals surface area contributed by atoms with Crippen molar-refractivity contribution in [1.82, 2.24) is 14.5 Å². The maximum absolute atomic E-state index is 12.2. The first kappa shape index (κ1) is 12.7. The molecule has 1 heterocycles. The lowest BCUT2D eigenvalue weighted by Crippen LogP contribution is -2.30. The van der Waals surface area contributed by atoms with Gasteiger partial charge < -0.3 is 10.0 Å². The van der Waals surface area contributed by atoms with Gasteiger partial charge in [-0.3, -0.25) is 9.36 Å². The van der Waals surface area contributed by atoms with Gasteiger partial charge in [-0.15, -0.1) is 0 Å². The zero-order valence-electron chi connectivity index (χ0n) is 10.4. The number of aromatic nitrogens is 2. The van der Waals surface area contributed by atoms with Gasteiger partial charge in [-0.1, -0.05) is 12.1 Å². The molecule has 0 aliphatic carbocycles. The fourth-order valence-electron chi connectivity index (χ4n) is 1.83. The van der Waals surface area contributed by atoms with Crippen LogP contribution in [0.1, 0.15) is 0 Å². The number of benzene rings is 1. The summed E-state index contributed by atoms with van der Waals surface area (Å²) in [5.41, 5.74) is 0.709. The van der Waals surface area contributed by atoms with Crippen LogP contribution in [0.25, 0.3) is 10.9 Å². The Hall–Kier alpha value is -1.72. The molecule has 0 spiro atoms. The minimum Gasteiger partial charge on any atom is -0.395 e. The van der Waals surface area contributed by atoms with Crippen LogP contribution in [-0.2, 0) is 6.54 Å². The van der Waals surface area contributed by atoms with Crippen molar-refractivity contribution in [2.75, 3.05) is 26.7 Å². The first-order valence-corrected chi connectivity index (χ1v) is 5.96. The molecule has 5 heteroatoms. The van der Waals surface area contributed by atoms with E-state index < -0.39 is 0 Å². The highest BCUT2D eigenvalue weighted by Gasteiger charge is 2.04. The quantitative estimate of drug-likeness (QED) is 0.826. The Labute approximate surface area is 105 Å². The largest absolute Gasteiger partial charge is 0.395 e. The standard InChI is InChI=1S/C13H17N3O2/c1-15(8-9-17)6-7-16-10-14-12-5-3-2-4-11(12)13(16)18/h2-5,10,17H,6-9H2,1H3. The van der Waals surface area contributed by atoms with Crippen LogP contribution in [-0.4, -0.2) is 46.3 Å². The van der Waals surface area contributed by atoms with Crippen molar-refractivity contribution in [2.24, 2.45) is 0 Å². The van der Waals surface area contributed by atoms with Gasteiger partial charge in [0.1, 0.15) is 0 Å². The van der Waals surface area contributed by atoms with E-state index in [1.54, 1.807) is 17.0 Å². The number of hydrogen-bond donors (Lipinski definition) is 1. The summed E-state index contributed by atoms with van der Waals surface area (Å²) in [5, 5.41) is 9.45. The lowest BCUT2D eigenvalue weighted by Gasteiger charge is -2.15. The lowest BCUT2D eigenvalue weighted by molar-refractivity contribution is 0.217. The first-order chi connectivity index (χ1) is 8.72. The molecule has 5 nitrogen and oxygen atoms in total. The van der Waals surface area contributed by atoms with E-state index in [1.807, 2.05) is 30.1 Å². The van der Waals surface area contributed by atoms with Crippen LogP contribution in [0.4, 0.5) is 0 Å². The fourth-order valence-corrected chi connectivity index (χ4v) is 1.83. The van der Waals surface area contributed by atoms with Crippen LogP contribution in [0.15, 0.2) is 35.4 Å². The zero-order valence-corrected chi connectivity index (χ0v) is 10.4. The maximum Gasteiger partial charge on any atom is 0.261 e. The van der Waals surface area contributed by atoms with E-state index >= 15 is 0 Å². The molecule has 0 fully saturated rings. The first-order valence-electron chi connectivity index (χ1n) is 5.96. The van der Waals surface area contributed by atoms with Crippen LogP contribution in [0, 0.1) is 0 Å². The lowest BCUT2D eigenvalue weighted by atomic mass is 10.2. The highest BCUT2D eigenvalue weighted by atomic mass is 16.3. The molecule has 0 radical (unpaired) electrons. The molecule has 18 heavy (non-hydrogen) atoms. The number of nitrogens with zero attached hydrogens (tertiary/aromatic N) is 3. The summed E-state index contributed by atoms with van der Waals surface area (Å²) in [6.07, 6.45) is 1.58. The van der Waals surface area contributed by atoms with Crippen molar-refractivity contribution >= 4 is 10.9 Å². The smallest absolute Gasteiger partial charge is 0.261 e. The topological polar surface area (TPSA) is 58.4 Å². The van der Waals surface area contributed by atoms with Crippen LogP contribution in [0.5, 0.6) is 0 Å². The van der Waals surface area contributed by atoms with Gasteiger partial charge in [-0.05, 0) is 19.2 Å². The van der Waals surface area contributed by atoms with E-state index in [1.165, 1.54) is 0 Å². The van der Waals surface area contributed by atoms with Crippen molar-refractivity contribution in [3.05, 3.63) is 40.9 Å². The van der Waals surface area contributed by atoms with Gasteiger partial charge in [0.15, 0.2) is 0 Å². The van der Waals surface area contributed by atoms with Crippen LogP contribution >= 0.6 is 0 Å². The van der Waals surface area contributed by atoms with Gasteiger partial charge in [0.05, 0.1) is 23.8 Å². The highest BCUT2D eigenvalue weighted by Crippen LogP contribution is 2.04. The van der Waals surface area contributed by atoms with Crippen molar-refractivity contribution in [2.45, 2.75) is 6.54 Å². The Balaban J connectivity index is 2.19. The van der Waals surface area contributed by atoms with E-state index in [0.29, 0.717) is 25.0 Å². The number of para-hydroxylation sites is 1. The van der Waals surface area contributed by atoms with Gasteiger partial charge in [-0.2, -0.15) is 0 Å². The minimum absolute atomic E-state index is 0.0157. The van der Waals surface area contributed by atoms with Crippen molar-refractivity contribution < 1.29 is 5.11 Å². The summed E-state index contributed by atoms with van der Waals surface area (Å²) >= 11 is 0. The molecule has 96 valence electrons. The summed E-state index contributed by atoms with van der Waals surface area (Å²) < 4.78 is 1.61. The molecule has 2 rings (SSSR count). The Morgan fingerprint density at radius 3 is 2.89 bits per heavy atom. The number of hydrogen-bond acceptors (Lipinski definition) is 4. The predicted molar refractivity (Wildman–Crippen MR) is 70.6 cm³/mol. The molecule has 1 aromatic carbocycles. The molecule has 0 amide bonds. The van der Waals surface area contributed by atoms with Gasteiger partial charge in [0.2, 0.25) is 0 Å². The third-order valence-corrected chi connectivity index (χ3v) is 2.94. The Bertz CT molecular complexity index is 580. The van der Waals surface area contributed by atoms with E-state index in [-0.39, 0.29) is 12.2 Å². The summed E-state index contributed by atoms with van der Waals surface area (Å²) in [4.78, 5) is 18.4. The summed E-state index contributed by atoms with van der Waals surface area (Å²) in [6.45, 7) is 2.02. The average Bonchev–Trinajstić information content (AvgIpc) is 2.39. The second-order valence-corrected chi connectivity index (χ2v) is 4.29. The molecule has 2 aromatic rings. The highest BCUT2D eigenvalue weighted by molar-refractivity contribution is 5.76. The second-order valence-electron chi connectivity index (χ2n) is 4.29. The molecule has 0 saturated heterocycles. The van der Waals surface area contributed by atoms with E-state index in [2.05, 4.69) is 4.98 Å². The predicted octanol–water partition coefficient (Wildman–Crippen LogP) is 0.321. The average molecular weight is 247 g/mol. The fraction of sp³-hybridized carbons (Fsp3) is 0.385. The molecule has 0 bridgehead atoms. The summed E-state index contributed by atoms with van der Waals surface area (Å²) in [5.74, 6) is 0. The third kappa shape index (κ3) is 2.75. The van der Waals surface area contributed by atoms with Gasteiger partial charge >= 0.3 is 0 Å². The number of rotatable bonds is 5. The number of fused-ring (bicyclic) bond motifs is 1. The van der Waals surface area contributed by atoms with Crippen LogP contribution in [0.3, 0.4) is 0 Å². The number of aliphatic hydroxyl groups excluding tert-OH is 1. The van der Waals surface area contributed by atoms with Crippen LogP contribution in [0.2, 0.25) is 0 Å². The summed E-state index contributed by atoms with van der Waals surface area (Å²) in [6, 6.07) is 7.33. The second kappa shape index (κ2) is 5.75. The van der Waals surface area contributed by atoms with Crippen molar-refractivity contribution in [3.8, 4) is 0 Å². The Morgan fingerprint density at radius 1 is 1.33 bits per heavy atom. The SMILES string of the molecule is CN(CCO)CCn1cnc2ccccc2c1=O. The number of likely N-dealkylation sites (N-methyl/N-ethyl adjacent to an activating group) is 1. The van der Waals surface area contributed by atoms with Crippen molar-refractivity contribution in [1.29, 1.82) is 0 Å². The molecular weight excluding hydrogens is 230 g/mol. The normalized spacial score (nSPS) is 11.3. The van der Waals surface area contributed by atoms with E-state index in [9.17, 15) is 4.79 Å².